The average molecular weight is 239 g/mol. The molecule has 0 amide bonds. The first kappa shape index (κ1) is 13.0. The number of hydrogen-bond acceptors (Lipinski definition) is 3. The Morgan fingerprint density at radius 1 is 1.47 bits per heavy atom. The zero-order chi connectivity index (χ0) is 12.1. The first-order valence-corrected chi connectivity index (χ1v) is 7.04. The number of aldehydes is 1. The van der Waals surface area contributed by atoms with Crippen molar-refractivity contribution in [1.29, 1.82) is 0 Å². The standard InChI is InChI=1S/C14H25NO2/c1-2-13-5-3-7-15(9-13)10-14(11-16)6-4-8-17-12-14/h11,13H,2-10,12H2,1H3. The van der Waals surface area contributed by atoms with Crippen LogP contribution < -0.4 is 0 Å². The van der Waals surface area contributed by atoms with Crippen molar-refractivity contribution >= 4 is 6.29 Å². The van der Waals surface area contributed by atoms with Gasteiger partial charge in [-0.2, -0.15) is 0 Å². The number of nitrogens with zero attached hydrogens (tertiary/aromatic N) is 1. The zero-order valence-corrected chi connectivity index (χ0v) is 11.0. The molecule has 2 aliphatic heterocycles. The summed E-state index contributed by atoms with van der Waals surface area (Å²) in [5, 5.41) is 0. The molecule has 2 heterocycles. The van der Waals surface area contributed by atoms with Crippen molar-refractivity contribution in [3.63, 3.8) is 0 Å². The van der Waals surface area contributed by atoms with Crippen molar-refractivity contribution in [2.24, 2.45) is 11.3 Å². The highest BCUT2D eigenvalue weighted by molar-refractivity contribution is 5.60. The Morgan fingerprint density at radius 3 is 3.00 bits per heavy atom. The molecule has 2 saturated heterocycles. The summed E-state index contributed by atoms with van der Waals surface area (Å²) in [4.78, 5) is 13.9. The topological polar surface area (TPSA) is 29.5 Å². The van der Waals surface area contributed by atoms with Crippen molar-refractivity contribution in [3.8, 4) is 0 Å². The van der Waals surface area contributed by atoms with Crippen molar-refractivity contribution in [1.82, 2.24) is 4.90 Å². The van der Waals surface area contributed by atoms with Gasteiger partial charge in [-0.3, -0.25) is 0 Å². The molecule has 0 bridgehead atoms. The molecule has 2 unspecified atom stereocenters. The number of hydrogen-bond donors (Lipinski definition) is 0. The molecule has 0 aliphatic carbocycles. The number of rotatable bonds is 4. The minimum absolute atomic E-state index is 0.214. The van der Waals surface area contributed by atoms with Gasteiger partial charge >= 0.3 is 0 Å². The molecule has 3 heteroatoms. The maximum atomic E-state index is 11.4. The van der Waals surface area contributed by atoms with Crippen LogP contribution >= 0.6 is 0 Å². The van der Waals surface area contributed by atoms with Gasteiger partial charge in [0.2, 0.25) is 0 Å². The van der Waals surface area contributed by atoms with E-state index in [1.807, 2.05) is 0 Å². The number of ether oxygens (including phenoxy) is 1. The molecule has 98 valence electrons. The maximum Gasteiger partial charge on any atom is 0.129 e. The van der Waals surface area contributed by atoms with Gasteiger partial charge < -0.3 is 14.4 Å². The Hall–Kier alpha value is -0.410. The second-order valence-corrected chi connectivity index (χ2v) is 5.79. The summed E-state index contributed by atoms with van der Waals surface area (Å²) in [6, 6.07) is 0. The molecule has 17 heavy (non-hydrogen) atoms. The van der Waals surface area contributed by atoms with Crippen LogP contribution in [0.5, 0.6) is 0 Å². The van der Waals surface area contributed by atoms with Crippen LogP contribution in [0.15, 0.2) is 0 Å². The molecule has 2 rings (SSSR count). The van der Waals surface area contributed by atoms with Crippen molar-refractivity contribution in [2.75, 3.05) is 32.8 Å². The van der Waals surface area contributed by atoms with Gasteiger partial charge in [-0.15, -0.1) is 0 Å². The van der Waals surface area contributed by atoms with Gasteiger partial charge in [-0.1, -0.05) is 13.3 Å². The van der Waals surface area contributed by atoms with Gasteiger partial charge in [0.25, 0.3) is 0 Å². The monoisotopic (exact) mass is 239 g/mol. The summed E-state index contributed by atoms with van der Waals surface area (Å²) in [5.74, 6) is 0.831. The smallest absolute Gasteiger partial charge is 0.129 e. The molecule has 3 nitrogen and oxygen atoms in total. The number of carbonyl (C=O) groups excluding carboxylic acids is 1. The van der Waals surface area contributed by atoms with E-state index >= 15 is 0 Å². The van der Waals surface area contributed by atoms with Crippen LogP contribution in [0.4, 0.5) is 0 Å². The Labute approximate surface area is 105 Å². The van der Waals surface area contributed by atoms with Gasteiger partial charge in [0.1, 0.15) is 6.29 Å². The summed E-state index contributed by atoms with van der Waals surface area (Å²) >= 11 is 0. The lowest BCUT2D eigenvalue weighted by atomic mass is 9.82. The SMILES string of the molecule is CCC1CCCN(CC2(C=O)CCCOC2)C1. The Bertz CT molecular complexity index is 249. The molecule has 0 aromatic carbocycles. The van der Waals surface area contributed by atoms with Crippen LogP contribution in [0, 0.1) is 11.3 Å². The minimum Gasteiger partial charge on any atom is -0.380 e. The Balaban J connectivity index is 1.91. The van der Waals surface area contributed by atoms with Crippen LogP contribution in [0.1, 0.15) is 39.0 Å². The molecule has 2 fully saturated rings. The van der Waals surface area contributed by atoms with Crippen LogP contribution in [0.2, 0.25) is 0 Å². The summed E-state index contributed by atoms with van der Waals surface area (Å²) in [6.07, 6.45) is 7.10. The quantitative estimate of drug-likeness (QED) is 0.704. The lowest BCUT2D eigenvalue weighted by molar-refractivity contribution is -0.126. The molecule has 0 N–H and O–H groups in total. The third-order valence-electron chi connectivity index (χ3n) is 4.32. The summed E-state index contributed by atoms with van der Waals surface area (Å²) in [7, 11) is 0. The summed E-state index contributed by atoms with van der Waals surface area (Å²) in [5.41, 5.74) is -0.214. The van der Waals surface area contributed by atoms with Crippen molar-refractivity contribution < 1.29 is 9.53 Å². The lowest BCUT2D eigenvalue weighted by Gasteiger charge is -2.40. The molecule has 2 atom stereocenters. The van der Waals surface area contributed by atoms with Crippen LogP contribution in [0.3, 0.4) is 0 Å². The average Bonchev–Trinajstić information content (AvgIpc) is 2.40. The van der Waals surface area contributed by atoms with E-state index in [2.05, 4.69) is 11.8 Å². The second kappa shape index (κ2) is 5.96. The minimum atomic E-state index is -0.214. The maximum absolute atomic E-state index is 11.4. The third-order valence-corrected chi connectivity index (χ3v) is 4.32. The van der Waals surface area contributed by atoms with E-state index in [-0.39, 0.29) is 5.41 Å². The molecule has 0 aromatic rings. The zero-order valence-electron chi connectivity index (χ0n) is 11.0. The van der Waals surface area contributed by atoms with E-state index in [9.17, 15) is 4.79 Å². The number of carbonyl (C=O) groups is 1. The largest absolute Gasteiger partial charge is 0.380 e. The van der Waals surface area contributed by atoms with E-state index in [1.54, 1.807) is 0 Å². The van der Waals surface area contributed by atoms with Crippen molar-refractivity contribution in [3.05, 3.63) is 0 Å². The van der Waals surface area contributed by atoms with Gasteiger partial charge in [0, 0.05) is 19.7 Å². The Kier molecular flexibility index (Phi) is 4.57. The number of piperidine rings is 1. The van der Waals surface area contributed by atoms with E-state index in [0.29, 0.717) is 6.61 Å². The van der Waals surface area contributed by atoms with E-state index < -0.39 is 0 Å². The fourth-order valence-corrected chi connectivity index (χ4v) is 3.20. The van der Waals surface area contributed by atoms with E-state index in [0.717, 1.165) is 44.7 Å². The lowest BCUT2D eigenvalue weighted by Crippen LogP contribution is -2.47. The Morgan fingerprint density at radius 2 is 2.35 bits per heavy atom. The van der Waals surface area contributed by atoms with Crippen LogP contribution in [0.25, 0.3) is 0 Å². The highest BCUT2D eigenvalue weighted by atomic mass is 16.5. The number of likely N-dealkylation sites (tertiary alicyclic amines) is 1. The van der Waals surface area contributed by atoms with E-state index in [4.69, 9.17) is 4.74 Å². The molecule has 0 radical (unpaired) electrons. The predicted molar refractivity (Wildman–Crippen MR) is 68.0 cm³/mol. The normalized spacial score (nSPS) is 35.7. The van der Waals surface area contributed by atoms with Crippen molar-refractivity contribution in [2.45, 2.75) is 39.0 Å². The molecular formula is C14H25NO2. The highest BCUT2D eigenvalue weighted by Crippen LogP contribution is 2.29. The molecule has 0 aromatic heterocycles. The fraction of sp³-hybridized carbons (Fsp3) is 0.929. The second-order valence-electron chi connectivity index (χ2n) is 5.79. The highest BCUT2D eigenvalue weighted by Gasteiger charge is 2.35. The summed E-state index contributed by atoms with van der Waals surface area (Å²) < 4.78 is 5.51. The van der Waals surface area contributed by atoms with Gasteiger partial charge in [0.15, 0.2) is 0 Å². The van der Waals surface area contributed by atoms with Gasteiger partial charge in [-0.25, -0.2) is 0 Å². The first-order valence-electron chi connectivity index (χ1n) is 7.04. The summed E-state index contributed by atoms with van der Waals surface area (Å²) in [6.45, 7) is 6.97. The van der Waals surface area contributed by atoms with Gasteiger partial charge in [-0.05, 0) is 38.1 Å². The van der Waals surface area contributed by atoms with E-state index in [1.165, 1.54) is 25.8 Å². The molecular weight excluding hydrogens is 214 g/mol. The van der Waals surface area contributed by atoms with Crippen LogP contribution in [-0.4, -0.2) is 44.0 Å². The molecule has 0 spiro atoms. The first-order chi connectivity index (χ1) is 8.28. The van der Waals surface area contributed by atoms with Gasteiger partial charge in [0.05, 0.1) is 12.0 Å². The third kappa shape index (κ3) is 3.29. The fourth-order valence-electron chi connectivity index (χ4n) is 3.20. The molecule has 2 aliphatic rings. The predicted octanol–water partition coefficient (Wildman–Crippen LogP) is 2.10. The molecule has 0 saturated carbocycles. The van der Waals surface area contributed by atoms with Crippen LogP contribution in [-0.2, 0) is 9.53 Å².